The summed E-state index contributed by atoms with van der Waals surface area (Å²) in [6.45, 7) is 0.237. The number of hydrogen-bond donors (Lipinski definition) is 1. The number of hydrogen-bond acceptors (Lipinski definition) is 2. The van der Waals surface area contributed by atoms with Crippen molar-refractivity contribution < 1.29 is 9.18 Å². The van der Waals surface area contributed by atoms with E-state index in [4.69, 9.17) is 16.9 Å². The van der Waals surface area contributed by atoms with Crippen LogP contribution in [0.3, 0.4) is 0 Å². The molecule has 5 heteroatoms. The van der Waals surface area contributed by atoms with Gasteiger partial charge in [0.2, 0.25) is 0 Å². The Morgan fingerprint density at radius 2 is 2.05 bits per heavy atom. The molecule has 100 valence electrons. The monoisotopic (exact) mass is 288 g/mol. The molecule has 0 aliphatic rings. The quantitative estimate of drug-likeness (QED) is 0.942. The van der Waals surface area contributed by atoms with E-state index in [-0.39, 0.29) is 17.1 Å². The molecule has 2 aromatic carbocycles. The SMILES string of the molecule is N#Cc1cccc(CNC(=O)c2cccc(F)c2Cl)c1. The van der Waals surface area contributed by atoms with Crippen molar-refractivity contribution in [3.8, 4) is 6.07 Å². The number of nitrogens with zero attached hydrogens (tertiary/aromatic N) is 1. The van der Waals surface area contributed by atoms with Crippen LogP contribution in [0.2, 0.25) is 5.02 Å². The van der Waals surface area contributed by atoms with Gasteiger partial charge in [-0.15, -0.1) is 0 Å². The van der Waals surface area contributed by atoms with Gasteiger partial charge in [0.15, 0.2) is 0 Å². The third-order valence-corrected chi connectivity index (χ3v) is 3.09. The Labute approximate surface area is 120 Å². The van der Waals surface area contributed by atoms with Crippen LogP contribution in [0, 0.1) is 17.1 Å². The molecule has 2 rings (SSSR count). The van der Waals surface area contributed by atoms with Crippen molar-refractivity contribution in [3.05, 3.63) is 70.0 Å². The molecule has 1 N–H and O–H groups in total. The van der Waals surface area contributed by atoms with Gasteiger partial charge in [0.1, 0.15) is 5.82 Å². The normalized spacial score (nSPS) is 9.85. The number of nitriles is 1. The Morgan fingerprint density at radius 1 is 1.30 bits per heavy atom. The van der Waals surface area contributed by atoms with E-state index in [1.807, 2.05) is 6.07 Å². The van der Waals surface area contributed by atoms with Crippen molar-refractivity contribution in [1.82, 2.24) is 5.32 Å². The molecule has 0 heterocycles. The maximum atomic E-state index is 13.3. The molecule has 0 aromatic heterocycles. The Balaban J connectivity index is 2.09. The van der Waals surface area contributed by atoms with Crippen molar-refractivity contribution in [3.63, 3.8) is 0 Å². The fourth-order valence-corrected chi connectivity index (χ4v) is 1.92. The van der Waals surface area contributed by atoms with Crippen LogP contribution in [0.5, 0.6) is 0 Å². The van der Waals surface area contributed by atoms with Crippen molar-refractivity contribution >= 4 is 17.5 Å². The van der Waals surface area contributed by atoms with Gasteiger partial charge < -0.3 is 5.32 Å². The molecule has 0 aliphatic carbocycles. The molecule has 0 saturated heterocycles. The number of carbonyl (C=O) groups excluding carboxylic acids is 1. The number of amides is 1. The van der Waals surface area contributed by atoms with Crippen molar-refractivity contribution in [2.45, 2.75) is 6.54 Å². The van der Waals surface area contributed by atoms with Crippen LogP contribution in [0.15, 0.2) is 42.5 Å². The maximum Gasteiger partial charge on any atom is 0.253 e. The van der Waals surface area contributed by atoms with Gasteiger partial charge in [-0.1, -0.05) is 29.8 Å². The van der Waals surface area contributed by atoms with Gasteiger partial charge in [0.05, 0.1) is 22.2 Å². The van der Waals surface area contributed by atoms with Gasteiger partial charge in [-0.2, -0.15) is 5.26 Å². The molecule has 0 unspecified atom stereocenters. The summed E-state index contributed by atoms with van der Waals surface area (Å²) in [6, 6.07) is 13.0. The fourth-order valence-electron chi connectivity index (χ4n) is 1.71. The van der Waals surface area contributed by atoms with Gasteiger partial charge in [0.25, 0.3) is 5.91 Å². The summed E-state index contributed by atoms with van der Waals surface area (Å²) >= 11 is 5.74. The molecule has 20 heavy (non-hydrogen) atoms. The first-order valence-corrected chi connectivity index (χ1v) is 6.21. The van der Waals surface area contributed by atoms with E-state index in [1.54, 1.807) is 24.3 Å². The highest BCUT2D eigenvalue weighted by molar-refractivity contribution is 6.34. The highest BCUT2D eigenvalue weighted by Crippen LogP contribution is 2.19. The van der Waals surface area contributed by atoms with E-state index in [1.165, 1.54) is 18.2 Å². The van der Waals surface area contributed by atoms with Crippen molar-refractivity contribution in [2.24, 2.45) is 0 Å². The molecular formula is C15H10ClFN2O. The van der Waals surface area contributed by atoms with Gasteiger partial charge in [-0.3, -0.25) is 4.79 Å². The average molecular weight is 289 g/mol. The van der Waals surface area contributed by atoms with Crippen LogP contribution in [-0.2, 0) is 6.54 Å². The molecule has 0 bridgehead atoms. The summed E-state index contributed by atoms with van der Waals surface area (Å²) in [5, 5.41) is 11.2. The smallest absolute Gasteiger partial charge is 0.253 e. The summed E-state index contributed by atoms with van der Waals surface area (Å²) in [5.74, 6) is -1.09. The van der Waals surface area contributed by atoms with E-state index in [0.717, 1.165) is 5.56 Å². The standard InChI is InChI=1S/C15H10ClFN2O/c16-14-12(5-2-6-13(14)17)15(20)19-9-11-4-1-3-10(7-11)8-18/h1-7H,9H2,(H,19,20). The number of benzene rings is 2. The first-order chi connectivity index (χ1) is 9.61. The molecule has 3 nitrogen and oxygen atoms in total. The number of halogens is 2. The number of rotatable bonds is 3. The van der Waals surface area contributed by atoms with E-state index in [9.17, 15) is 9.18 Å². The van der Waals surface area contributed by atoms with E-state index >= 15 is 0 Å². The van der Waals surface area contributed by atoms with Gasteiger partial charge >= 0.3 is 0 Å². The molecule has 0 atom stereocenters. The van der Waals surface area contributed by atoms with E-state index < -0.39 is 11.7 Å². The minimum Gasteiger partial charge on any atom is -0.348 e. The number of nitrogens with one attached hydrogen (secondary N) is 1. The zero-order chi connectivity index (χ0) is 14.5. The molecular weight excluding hydrogens is 279 g/mol. The molecule has 1 amide bonds. The lowest BCUT2D eigenvalue weighted by molar-refractivity contribution is 0.0950. The second kappa shape index (κ2) is 6.18. The van der Waals surface area contributed by atoms with Crippen molar-refractivity contribution in [2.75, 3.05) is 0 Å². The summed E-state index contributed by atoms with van der Waals surface area (Å²) in [5.41, 5.74) is 1.38. The second-order valence-corrected chi connectivity index (χ2v) is 4.47. The highest BCUT2D eigenvalue weighted by Gasteiger charge is 2.12. The average Bonchev–Trinajstić information content (AvgIpc) is 2.48. The first-order valence-electron chi connectivity index (χ1n) is 5.83. The largest absolute Gasteiger partial charge is 0.348 e. The molecule has 0 radical (unpaired) electrons. The lowest BCUT2D eigenvalue weighted by Gasteiger charge is -2.07. The van der Waals surface area contributed by atoms with E-state index in [0.29, 0.717) is 5.56 Å². The first kappa shape index (κ1) is 14.0. The lowest BCUT2D eigenvalue weighted by atomic mass is 10.1. The maximum absolute atomic E-state index is 13.3. The molecule has 0 saturated carbocycles. The number of carbonyl (C=O) groups is 1. The zero-order valence-electron chi connectivity index (χ0n) is 10.4. The van der Waals surface area contributed by atoms with Crippen molar-refractivity contribution in [1.29, 1.82) is 5.26 Å². The Morgan fingerprint density at radius 3 is 2.80 bits per heavy atom. The Bertz CT molecular complexity index is 695. The summed E-state index contributed by atoms with van der Waals surface area (Å²) in [7, 11) is 0. The third kappa shape index (κ3) is 3.14. The zero-order valence-corrected chi connectivity index (χ0v) is 11.1. The van der Waals surface area contributed by atoms with E-state index in [2.05, 4.69) is 5.32 Å². The predicted octanol–water partition coefficient (Wildman–Crippen LogP) is 3.28. The van der Waals surface area contributed by atoms with Crippen LogP contribution in [0.4, 0.5) is 4.39 Å². The van der Waals surface area contributed by atoms with Crippen LogP contribution >= 0.6 is 11.6 Å². The Kier molecular flexibility index (Phi) is 4.34. The second-order valence-electron chi connectivity index (χ2n) is 4.10. The topological polar surface area (TPSA) is 52.9 Å². The van der Waals surface area contributed by atoms with Crippen LogP contribution in [0.1, 0.15) is 21.5 Å². The molecule has 0 spiro atoms. The van der Waals surface area contributed by atoms with Crippen LogP contribution in [-0.4, -0.2) is 5.91 Å². The summed E-state index contributed by atoms with van der Waals surface area (Å²) in [6.07, 6.45) is 0. The molecule has 0 aliphatic heterocycles. The third-order valence-electron chi connectivity index (χ3n) is 2.71. The summed E-state index contributed by atoms with van der Waals surface area (Å²) in [4.78, 5) is 11.9. The Hall–Kier alpha value is -2.38. The fraction of sp³-hybridized carbons (Fsp3) is 0.0667. The minimum atomic E-state index is -0.634. The van der Waals surface area contributed by atoms with Crippen LogP contribution < -0.4 is 5.32 Å². The molecule has 2 aromatic rings. The van der Waals surface area contributed by atoms with Gasteiger partial charge in [-0.25, -0.2) is 4.39 Å². The highest BCUT2D eigenvalue weighted by atomic mass is 35.5. The predicted molar refractivity (Wildman–Crippen MR) is 73.7 cm³/mol. The summed E-state index contributed by atoms with van der Waals surface area (Å²) < 4.78 is 13.3. The van der Waals surface area contributed by atoms with Crippen LogP contribution in [0.25, 0.3) is 0 Å². The lowest BCUT2D eigenvalue weighted by Crippen LogP contribution is -2.23. The minimum absolute atomic E-state index is 0.0862. The van der Waals surface area contributed by atoms with Gasteiger partial charge in [-0.05, 0) is 29.8 Å². The van der Waals surface area contributed by atoms with Gasteiger partial charge in [0, 0.05) is 6.54 Å². The molecule has 0 fully saturated rings.